The van der Waals surface area contributed by atoms with Gasteiger partial charge in [-0.2, -0.15) is 0 Å². The van der Waals surface area contributed by atoms with Crippen molar-refractivity contribution < 1.29 is 4.74 Å². The third kappa shape index (κ3) is 3.19. The number of nitrogen functional groups attached to an aromatic ring is 1. The molecule has 0 fully saturated rings. The minimum absolute atomic E-state index is 0.191. The maximum Gasteiger partial charge on any atom is 0.122 e. The molecule has 0 aliphatic heterocycles. The van der Waals surface area contributed by atoms with Crippen molar-refractivity contribution in [2.45, 2.75) is 24.8 Å². The Morgan fingerprint density at radius 1 is 1.31 bits per heavy atom. The molecule has 0 heterocycles. The van der Waals surface area contributed by atoms with Crippen LogP contribution < -0.4 is 10.5 Å². The van der Waals surface area contributed by atoms with Gasteiger partial charge in [0.2, 0.25) is 0 Å². The minimum Gasteiger partial charge on any atom is -0.491 e. The second kappa shape index (κ2) is 4.42. The molecule has 1 aromatic carbocycles. The summed E-state index contributed by atoms with van der Waals surface area (Å²) in [5, 5.41) is 0. The van der Waals surface area contributed by atoms with Crippen molar-refractivity contribution >= 4 is 17.4 Å². The topological polar surface area (TPSA) is 35.2 Å². The van der Waals surface area contributed by atoms with Gasteiger partial charge in [0.1, 0.15) is 5.75 Å². The van der Waals surface area contributed by atoms with Crippen LogP contribution in [0.25, 0.3) is 0 Å². The van der Waals surface area contributed by atoms with Crippen molar-refractivity contribution in [3.63, 3.8) is 0 Å². The van der Waals surface area contributed by atoms with Gasteiger partial charge in [0.15, 0.2) is 0 Å². The Kier molecular flexibility index (Phi) is 3.48. The number of hydrogen-bond donors (Lipinski definition) is 1. The van der Waals surface area contributed by atoms with Crippen molar-refractivity contribution in [3.05, 3.63) is 18.2 Å². The maximum absolute atomic E-state index is 5.72. The summed E-state index contributed by atoms with van der Waals surface area (Å²) in [5.41, 5.74) is 6.47. The number of rotatable bonds is 3. The van der Waals surface area contributed by atoms with Crippen LogP contribution in [-0.2, 0) is 0 Å². The fourth-order valence-electron chi connectivity index (χ4n) is 1.05. The average Bonchev–Trinajstić information content (AvgIpc) is 2.01. The Balaban J connectivity index is 2.88. The molecule has 1 aromatic rings. The SMILES string of the molecule is CSc1cc(N)cc(OC(C)C)c1. The van der Waals surface area contributed by atoms with Crippen LogP contribution >= 0.6 is 11.8 Å². The zero-order valence-corrected chi connectivity index (χ0v) is 9.02. The summed E-state index contributed by atoms with van der Waals surface area (Å²) in [6, 6.07) is 5.79. The lowest BCUT2D eigenvalue weighted by Crippen LogP contribution is -2.05. The number of thioether (sulfide) groups is 1. The summed E-state index contributed by atoms with van der Waals surface area (Å²) in [5.74, 6) is 0.847. The Bertz CT molecular complexity index is 286. The molecular weight excluding hydrogens is 182 g/mol. The molecule has 1 rings (SSSR count). The van der Waals surface area contributed by atoms with E-state index in [1.807, 2.05) is 38.3 Å². The van der Waals surface area contributed by atoms with E-state index < -0.39 is 0 Å². The molecule has 0 spiro atoms. The first-order valence-electron chi connectivity index (χ1n) is 4.23. The Morgan fingerprint density at radius 3 is 2.54 bits per heavy atom. The predicted octanol–water partition coefficient (Wildman–Crippen LogP) is 2.78. The van der Waals surface area contributed by atoms with E-state index in [1.54, 1.807) is 11.8 Å². The molecule has 2 N–H and O–H groups in total. The van der Waals surface area contributed by atoms with Crippen LogP contribution in [0.3, 0.4) is 0 Å². The van der Waals surface area contributed by atoms with Crippen molar-refractivity contribution in [3.8, 4) is 5.75 Å². The number of nitrogens with two attached hydrogens (primary N) is 1. The van der Waals surface area contributed by atoms with E-state index in [2.05, 4.69) is 0 Å². The van der Waals surface area contributed by atoms with E-state index >= 15 is 0 Å². The summed E-state index contributed by atoms with van der Waals surface area (Å²) >= 11 is 1.66. The van der Waals surface area contributed by atoms with Gasteiger partial charge in [-0.05, 0) is 32.2 Å². The third-order valence-corrected chi connectivity index (χ3v) is 2.22. The van der Waals surface area contributed by atoms with Gasteiger partial charge < -0.3 is 10.5 Å². The third-order valence-electron chi connectivity index (χ3n) is 1.51. The maximum atomic E-state index is 5.72. The standard InChI is InChI=1S/C10H15NOS/c1-7(2)12-9-4-8(11)5-10(6-9)13-3/h4-7H,11H2,1-3H3. The van der Waals surface area contributed by atoms with Crippen LogP contribution in [0.15, 0.2) is 23.1 Å². The first-order chi connectivity index (χ1) is 6.11. The monoisotopic (exact) mass is 197 g/mol. The van der Waals surface area contributed by atoms with E-state index in [-0.39, 0.29) is 6.10 Å². The van der Waals surface area contributed by atoms with E-state index in [9.17, 15) is 0 Å². The van der Waals surface area contributed by atoms with Gasteiger partial charge in [-0.1, -0.05) is 0 Å². The van der Waals surface area contributed by atoms with Gasteiger partial charge >= 0.3 is 0 Å². The second-order valence-corrected chi connectivity index (χ2v) is 3.99. The van der Waals surface area contributed by atoms with Crippen molar-refractivity contribution in [2.75, 3.05) is 12.0 Å². The molecule has 0 radical (unpaired) electrons. The minimum atomic E-state index is 0.191. The van der Waals surface area contributed by atoms with Crippen LogP contribution in [0.2, 0.25) is 0 Å². The number of anilines is 1. The number of hydrogen-bond acceptors (Lipinski definition) is 3. The molecule has 0 aliphatic carbocycles. The average molecular weight is 197 g/mol. The first kappa shape index (κ1) is 10.3. The smallest absolute Gasteiger partial charge is 0.122 e. The summed E-state index contributed by atoms with van der Waals surface area (Å²) in [7, 11) is 0. The second-order valence-electron chi connectivity index (χ2n) is 3.11. The van der Waals surface area contributed by atoms with Crippen molar-refractivity contribution in [1.82, 2.24) is 0 Å². The molecule has 2 nitrogen and oxygen atoms in total. The highest BCUT2D eigenvalue weighted by molar-refractivity contribution is 7.98. The van der Waals surface area contributed by atoms with Crippen LogP contribution in [0.5, 0.6) is 5.75 Å². The Hall–Kier alpha value is -0.830. The van der Waals surface area contributed by atoms with Gasteiger partial charge in [-0.25, -0.2) is 0 Å². The van der Waals surface area contributed by atoms with Gasteiger partial charge in [-0.3, -0.25) is 0 Å². The van der Waals surface area contributed by atoms with Crippen LogP contribution in [-0.4, -0.2) is 12.4 Å². The molecule has 72 valence electrons. The fourth-order valence-corrected chi connectivity index (χ4v) is 1.54. The fraction of sp³-hybridized carbons (Fsp3) is 0.400. The molecule has 3 heteroatoms. The zero-order valence-electron chi connectivity index (χ0n) is 8.20. The predicted molar refractivity (Wildman–Crippen MR) is 58.4 cm³/mol. The Morgan fingerprint density at radius 2 is 2.00 bits per heavy atom. The van der Waals surface area contributed by atoms with E-state index in [4.69, 9.17) is 10.5 Å². The number of ether oxygens (including phenoxy) is 1. The molecule has 13 heavy (non-hydrogen) atoms. The molecule has 0 amide bonds. The quantitative estimate of drug-likeness (QED) is 0.598. The molecule has 0 unspecified atom stereocenters. The van der Waals surface area contributed by atoms with E-state index in [1.165, 1.54) is 0 Å². The van der Waals surface area contributed by atoms with E-state index in [0.29, 0.717) is 0 Å². The molecule has 0 saturated carbocycles. The highest BCUT2D eigenvalue weighted by Gasteiger charge is 2.00. The van der Waals surface area contributed by atoms with Crippen LogP contribution in [0, 0.1) is 0 Å². The van der Waals surface area contributed by atoms with Crippen molar-refractivity contribution in [1.29, 1.82) is 0 Å². The van der Waals surface area contributed by atoms with Crippen LogP contribution in [0.1, 0.15) is 13.8 Å². The largest absolute Gasteiger partial charge is 0.491 e. The molecule has 0 atom stereocenters. The summed E-state index contributed by atoms with van der Waals surface area (Å²) < 4.78 is 5.54. The molecule has 0 aromatic heterocycles. The van der Waals surface area contributed by atoms with Crippen LogP contribution in [0.4, 0.5) is 5.69 Å². The lowest BCUT2D eigenvalue weighted by atomic mass is 10.3. The first-order valence-corrected chi connectivity index (χ1v) is 5.45. The summed E-state index contributed by atoms with van der Waals surface area (Å²) in [6.45, 7) is 4.00. The number of benzene rings is 1. The van der Waals surface area contributed by atoms with E-state index in [0.717, 1.165) is 16.3 Å². The van der Waals surface area contributed by atoms with Gasteiger partial charge in [0, 0.05) is 16.6 Å². The van der Waals surface area contributed by atoms with Gasteiger partial charge in [-0.15, -0.1) is 11.8 Å². The summed E-state index contributed by atoms with van der Waals surface area (Å²) in [6.07, 6.45) is 2.21. The lowest BCUT2D eigenvalue weighted by Gasteiger charge is -2.11. The molecular formula is C10H15NOS. The molecule has 0 aliphatic rings. The highest BCUT2D eigenvalue weighted by Crippen LogP contribution is 2.25. The van der Waals surface area contributed by atoms with Crippen molar-refractivity contribution in [2.24, 2.45) is 0 Å². The summed E-state index contributed by atoms with van der Waals surface area (Å²) in [4.78, 5) is 1.13. The molecule has 0 saturated heterocycles. The Labute approximate surface area is 83.5 Å². The highest BCUT2D eigenvalue weighted by atomic mass is 32.2. The lowest BCUT2D eigenvalue weighted by molar-refractivity contribution is 0.242. The zero-order chi connectivity index (χ0) is 9.84. The molecule has 0 bridgehead atoms. The van der Waals surface area contributed by atoms with Gasteiger partial charge in [0.05, 0.1) is 6.10 Å². The normalized spacial score (nSPS) is 10.5. The van der Waals surface area contributed by atoms with Gasteiger partial charge in [0.25, 0.3) is 0 Å².